The van der Waals surface area contributed by atoms with Crippen LogP contribution in [0.2, 0.25) is 5.02 Å². The molecule has 8 heteroatoms. The summed E-state index contributed by atoms with van der Waals surface area (Å²) in [4.78, 5) is 25.2. The van der Waals surface area contributed by atoms with Gasteiger partial charge in [0.25, 0.3) is 0 Å². The largest absolute Gasteiger partial charge is 0.497 e. The van der Waals surface area contributed by atoms with Crippen LogP contribution in [0, 0.1) is 5.92 Å². The van der Waals surface area contributed by atoms with E-state index in [0.717, 1.165) is 92.8 Å². The minimum absolute atomic E-state index is 0.108. The van der Waals surface area contributed by atoms with Crippen molar-refractivity contribution in [1.29, 1.82) is 0 Å². The number of carbonyl (C=O) groups is 1. The Bertz CT molecular complexity index is 1440. The fraction of sp³-hybridized carbons (Fsp3) is 0.375. The van der Waals surface area contributed by atoms with E-state index >= 15 is 0 Å². The van der Waals surface area contributed by atoms with E-state index in [1.807, 2.05) is 30.3 Å². The van der Waals surface area contributed by atoms with Crippen molar-refractivity contribution in [2.75, 3.05) is 51.3 Å². The molecule has 0 atom stereocenters. The maximum Gasteiger partial charge on any atom is 0.225 e. The summed E-state index contributed by atoms with van der Waals surface area (Å²) >= 11 is 6.04. The Morgan fingerprint density at radius 3 is 2.27 bits per heavy atom. The van der Waals surface area contributed by atoms with Crippen LogP contribution >= 0.6 is 11.6 Å². The zero-order valence-electron chi connectivity index (χ0n) is 23.0. The molecule has 7 nitrogen and oxygen atoms in total. The van der Waals surface area contributed by atoms with Gasteiger partial charge in [-0.1, -0.05) is 35.9 Å². The number of carbonyl (C=O) groups excluding carboxylic acids is 1. The van der Waals surface area contributed by atoms with Crippen molar-refractivity contribution in [2.45, 2.75) is 25.9 Å². The summed E-state index contributed by atoms with van der Waals surface area (Å²) in [7, 11) is 1.69. The van der Waals surface area contributed by atoms with Crippen LogP contribution in [0.3, 0.4) is 0 Å². The molecule has 0 bridgehead atoms. The van der Waals surface area contributed by atoms with E-state index in [0.29, 0.717) is 5.91 Å². The maximum absolute atomic E-state index is 13.4. The molecule has 208 valence electrons. The van der Waals surface area contributed by atoms with Gasteiger partial charge in [0.1, 0.15) is 11.6 Å². The minimum Gasteiger partial charge on any atom is -0.497 e. The van der Waals surface area contributed by atoms with Crippen molar-refractivity contribution in [3.8, 4) is 5.75 Å². The van der Waals surface area contributed by atoms with Gasteiger partial charge in [0, 0.05) is 49.4 Å². The number of ether oxygens (including phenoxy) is 1. The van der Waals surface area contributed by atoms with E-state index in [-0.39, 0.29) is 5.92 Å². The summed E-state index contributed by atoms with van der Waals surface area (Å²) in [5.41, 5.74) is 4.55. The van der Waals surface area contributed by atoms with Gasteiger partial charge in [0.05, 0.1) is 24.7 Å². The van der Waals surface area contributed by atoms with Gasteiger partial charge in [-0.25, -0.2) is 4.98 Å². The number of hydrogen-bond acceptors (Lipinski definition) is 5. The fourth-order valence-corrected chi connectivity index (χ4v) is 6.10. The van der Waals surface area contributed by atoms with Gasteiger partial charge in [-0.3, -0.25) is 9.69 Å². The minimum atomic E-state index is 0.108. The first-order chi connectivity index (χ1) is 19.6. The maximum atomic E-state index is 13.4. The molecule has 0 aliphatic carbocycles. The quantitative estimate of drug-likeness (QED) is 0.308. The Hall–Kier alpha value is -3.55. The molecule has 6 rings (SSSR count). The van der Waals surface area contributed by atoms with Gasteiger partial charge in [-0.15, -0.1) is 0 Å². The predicted octanol–water partition coefficient (Wildman–Crippen LogP) is 5.31. The first-order valence-electron chi connectivity index (χ1n) is 14.2. The van der Waals surface area contributed by atoms with E-state index in [2.05, 4.69) is 61.7 Å². The molecule has 2 aliphatic rings. The van der Waals surface area contributed by atoms with Gasteiger partial charge in [0.15, 0.2) is 0 Å². The van der Waals surface area contributed by atoms with Crippen molar-refractivity contribution in [3.05, 3.63) is 89.2 Å². The SMILES string of the molecule is COc1ccc(Cn2c(CN3CCC(C(=O)N4CCN(c5ccc(Cl)cc5)CC4)CC3)nc3ccccc32)cc1. The molecule has 1 amide bonds. The third-order valence-corrected chi connectivity index (χ3v) is 8.57. The van der Waals surface area contributed by atoms with Crippen LogP contribution in [0.1, 0.15) is 24.2 Å². The van der Waals surface area contributed by atoms with Crippen molar-refractivity contribution in [2.24, 2.45) is 5.92 Å². The molecule has 0 saturated carbocycles. The number of piperazine rings is 1. The van der Waals surface area contributed by atoms with E-state index in [1.54, 1.807) is 7.11 Å². The number of halogens is 1. The number of aromatic nitrogens is 2. The van der Waals surface area contributed by atoms with Crippen LogP contribution in [-0.4, -0.2) is 71.6 Å². The van der Waals surface area contributed by atoms with E-state index in [4.69, 9.17) is 21.3 Å². The monoisotopic (exact) mass is 557 g/mol. The third kappa shape index (κ3) is 5.81. The van der Waals surface area contributed by atoms with Gasteiger partial charge < -0.3 is 19.1 Å². The number of nitrogens with zero attached hydrogens (tertiary/aromatic N) is 5. The zero-order valence-corrected chi connectivity index (χ0v) is 23.8. The lowest BCUT2D eigenvalue weighted by Crippen LogP contribution is -2.51. The second kappa shape index (κ2) is 11.9. The first kappa shape index (κ1) is 26.7. The number of amides is 1. The Kier molecular flexibility index (Phi) is 7.93. The normalized spacial score (nSPS) is 16.9. The van der Waals surface area contributed by atoms with Gasteiger partial charge in [0.2, 0.25) is 5.91 Å². The molecule has 0 spiro atoms. The third-order valence-electron chi connectivity index (χ3n) is 8.32. The zero-order chi connectivity index (χ0) is 27.5. The molecule has 2 aliphatic heterocycles. The van der Waals surface area contributed by atoms with Crippen molar-refractivity contribution >= 4 is 34.2 Å². The topological polar surface area (TPSA) is 53.8 Å². The smallest absolute Gasteiger partial charge is 0.225 e. The molecule has 3 heterocycles. The van der Waals surface area contributed by atoms with Gasteiger partial charge >= 0.3 is 0 Å². The number of anilines is 1. The number of imidazole rings is 1. The van der Waals surface area contributed by atoms with E-state index in [1.165, 1.54) is 11.3 Å². The lowest BCUT2D eigenvalue weighted by Gasteiger charge is -2.39. The van der Waals surface area contributed by atoms with E-state index < -0.39 is 0 Å². The highest BCUT2D eigenvalue weighted by Crippen LogP contribution is 2.26. The van der Waals surface area contributed by atoms with Crippen LogP contribution in [0.4, 0.5) is 5.69 Å². The average molecular weight is 558 g/mol. The summed E-state index contributed by atoms with van der Waals surface area (Å²) in [6.45, 7) is 6.63. The van der Waals surface area contributed by atoms with Crippen LogP contribution in [-0.2, 0) is 17.9 Å². The number of hydrogen-bond donors (Lipinski definition) is 0. The summed E-state index contributed by atoms with van der Waals surface area (Å²) in [5, 5.41) is 0.749. The number of piperidine rings is 1. The molecule has 0 unspecified atom stereocenters. The highest BCUT2D eigenvalue weighted by molar-refractivity contribution is 6.30. The van der Waals surface area contributed by atoms with Gasteiger partial charge in [-0.05, 0) is 80.0 Å². The number of rotatable bonds is 7. The number of benzene rings is 3. The Morgan fingerprint density at radius 2 is 1.57 bits per heavy atom. The second-order valence-electron chi connectivity index (χ2n) is 10.8. The second-order valence-corrected chi connectivity index (χ2v) is 11.2. The summed E-state index contributed by atoms with van der Waals surface area (Å²) < 4.78 is 7.66. The number of fused-ring (bicyclic) bond motifs is 1. The van der Waals surface area contributed by atoms with Crippen LogP contribution in [0.5, 0.6) is 5.75 Å². The summed E-state index contributed by atoms with van der Waals surface area (Å²) in [5.74, 6) is 2.36. The molecule has 2 saturated heterocycles. The first-order valence-corrected chi connectivity index (χ1v) is 14.5. The van der Waals surface area contributed by atoms with E-state index in [9.17, 15) is 4.79 Å². The van der Waals surface area contributed by atoms with Crippen molar-refractivity contribution in [3.63, 3.8) is 0 Å². The molecule has 2 fully saturated rings. The molecule has 1 aromatic heterocycles. The lowest BCUT2D eigenvalue weighted by atomic mass is 9.95. The Morgan fingerprint density at radius 1 is 0.875 bits per heavy atom. The fourth-order valence-electron chi connectivity index (χ4n) is 5.97. The Labute approximate surface area is 240 Å². The van der Waals surface area contributed by atoms with Crippen LogP contribution in [0.15, 0.2) is 72.8 Å². The van der Waals surface area contributed by atoms with Crippen molar-refractivity contribution < 1.29 is 9.53 Å². The molecule has 3 aromatic carbocycles. The molecule has 40 heavy (non-hydrogen) atoms. The van der Waals surface area contributed by atoms with Gasteiger partial charge in [-0.2, -0.15) is 0 Å². The average Bonchev–Trinajstić information content (AvgIpc) is 3.34. The molecule has 0 radical (unpaired) electrons. The number of likely N-dealkylation sites (tertiary alicyclic amines) is 1. The van der Waals surface area contributed by atoms with Crippen LogP contribution < -0.4 is 9.64 Å². The van der Waals surface area contributed by atoms with Crippen molar-refractivity contribution in [1.82, 2.24) is 19.4 Å². The highest BCUT2D eigenvalue weighted by atomic mass is 35.5. The molecule has 0 N–H and O–H groups in total. The highest BCUT2D eigenvalue weighted by Gasteiger charge is 2.31. The Balaban J connectivity index is 1.06. The molecular formula is C32H36ClN5O2. The summed E-state index contributed by atoms with van der Waals surface area (Å²) in [6, 6.07) is 24.6. The summed E-state index contributed by atoms with van der Waals surface area (Å²) in [6.07, 6.45) is 1.80. The standard InChI is InChI=1S/C32H36ClN5O2/c1-40-28-12-6-24(7-13-28)22-38-30-5-3-2-4-29(30)34-31(38)23-35-16-14-25(15-17-35)32(39)37-20-18-36(19-21-37)27-10-8-26(33)9-11-27/h2-13,25H,14-23H2,1H3. The number of methoxy groups -OCH3 is 1. The molecular weight excluding hydrogens is 522 g/mol. The predicted molar refractivity (Wildman–Crippen MR) is 160 cm³/mol. The lowest BCUT2D eigenvalue weighted by molar-refractivity contribution is -0.137. The van der Waals surface area contributed by atoms with Crippen LogP contribution in [0.25, 0.3) is 11.0 Å². The number of para-hydroxylation sites is 2. The molecule has 4 aromatic rings.